The van der Waals surface area contributed by atoms with Gasteiger partial charge in [-0.3, -0.25) is 0 Å². The van der Waals surface area contributed by atoms with E-state index in [4.69, 9.17) is 0 Å². The molecule has 146 valence electrons. The van der Waals surface area contributed by atoms with Crippen molar-refractivity contribution < 1.29 is 17.2 Å². The van der Waals surface area contributed by atoms with E-state index in [9.17, 15) is 17.2 Å². The van der Waals surface area contributed by atoms with Crippen LogP contribution >= 0.6 is 11.3 Å². The van der Waals surface area contributed by atoms with Crippen molar-refractivity contribution >= 4 is 26.5 Å². The first kappa shape index (κ1) is 19.0. The molecule has 0 spiro atoms. The summed E-state index contributed by atoms with van der Waals surface area (Å²) in [5.74, 6) is -2.15. The fourth-order valence-electron chi connectivity index (χ4n) is 3.13. The van der Waals surface area contributed by atoms with Crippen LogP contribution in [0.1, 0.15) is 0 Å². The highest BCUT2D eigenvalue weighted by molar-refractivity contribution is 7.89. The van der Waals surface area contributed by atoms with Crippen molar-refractivity contribution in [1.82, 2.24) is 9.29 Å². The molecule has 1 aliphatic heterocycles. The molecule has 0 saturated carbocycles. The maximum atomic E-state index is 13.9. The molecular weight excluding hydrogens is 404 g/mol. The van der Waals surface area contributed by atoms with E-state index >= 15 is 0 Å². The van der Waals surface area contributed by atoms with Crippen molar-refractivity contribution in [2.24, 2.45) is 0 Å². The SMILES string of the molecule is O=S(=O)(c1c(F)cccc1F)N1CCN(c2nc(-c3ccccc3)cs2)CC1. The maximum absolute atomic E-state index is 13.9. The van der Waals surface area contributed by atoms with Crippen molar-refractivity contribution in [3.63, 3.8) is 0 Å². The van der Waals surface area contributed by atoms with Crippen LogP contribution in [0.2, 0.25) is 0 Å². The number of sulfonamides is 1. The molecule has 0 atom stereocenters. The highest BCUT2D eigenvalue weighted by Gasteiger charge is 2.33. The molecule has 5 nitrogen and oxygen atoms in total. The van der Waals surface area contributed by atoms with Crippen LogP contribution in [0.5, 0.6) is 0 Å². The standard InChI is InChI=1S/C19H17F2N3O2S2/c20-15-7-4-8-16(21)18(15)28(25,26)24-11-9-23(10-12-24)19-22-17(13-27-19)14-5-2-1-3-6-14/h1-8,13H,9-12H2. The number of rotatable bonds is 4. The lowest BCUT2D eigenvalue weighted by Gasteiger charge is -2.33. The maximum Gasteiger partial charge on any atom is 0.249 e. The van der Waals surface area contributed by atoms with Gasteiger partial charge in [-0.1, -0.05) is 36.4 Å². The number of benzene rings is 2. The van der Waals surface area contributed by atoms with Gasteiger partial charge in [0.05, 0.1) is 5.69 Å². The average Bonchev–Trinajstić information content (AvgIpc) is 3.19. The van der Waals surface area contributed by atoms with Crippen LogP contribution in [-0.4, -0.2) is 43.9 Å². The summed E-state index contributed by atoms with van der Waals surface area (Å²) in [5.41, 5.74) is 1.88. The second-order valence-corrected chi connectivity index (χ2v) is 9.03. The van der Waals surface area contributed by atoms with Crippen LogP contribution in [0.3, 0.4) is 0 Å². The van der Waals surface area contributed by atoms with Crippen LogP contribution in [0, 0.1) is 11.6 Å². The molecule has 1 aliphatic rings. The van der Waals surface area contributed by atoms with Gasteiger partial charge >= 0.3 is 0 Å². The molecular formula is C19H17F2N3O2S2. The third-order valence-corrected chi connectivity index (χ3v) is 7.44. The van der Waals surface area contributed by atoms with Crippen molar-refractivity contribution in [3.8, 4) is 11.3 Å². The fraction of sp³-hybridized carbons (Fsp3) is 0.211. The predicted molar refractivity (Wildman–Crippen MR) is 105 cm³/mol. The molecule has 4 rings (SSSR count). The molecule has 0 bridgehead atoms. The lowest BCUT2D eigenvalue weighted by Crippen LogP contribution is -2.49. The van der Waals surface area contributed by atoms with E-state index in [-0.39, 0.29) is 13.1 Å². The van der Waals surface area contributed by atoms with E-state index < -0.39 is 26.6 Å². The number of hydrogen-bond acceptors (Lipinski definition) is 5. The summed E-state index contributed by atoms with van der Waals surface area (Å²) >= 11 is 1.49. The molecule has 2 aromatic carbocycles. The van der Waals surface area contributed by atoms with Crippen molar-refractivity contribution in [2.75, 3.05) is 31.1 Å². The Bertz CT molecular complexity index is 1060. The van der Waals surface area contributed by atoms with Gasteiger partial charge in [-0.2, -0.15) is 4.31 Å². The van der Waals surface area contributed by atoms with Gasteiger partial charge in [-0.05, 0) is 12.1 Å². The highest BCUT2D eigenvalue weighted by atomic mass is 32.2. The summed E-state index contributed by atoms with van der Waals surface area (Å²) in [4.78, 5) is 5.74. The van der Waals surface area contributed by atoms with Crippen LogP contribution < -0.4 is 4.90 Å². The summed E-state index contributed by atoms with van der Waals surface area (Å²) < 4.78 is 54.4. The number of aromatic nitrogens is 1. The molecule has 0 radical (unpaired) electrons. The Labute approximate surface area is 165 Å². The minimum atomic E-state index is -4.23. The average molecular weight is 421 g/mol. The summed E-state index contributed by atoms with van der Waals surface area (Å²) in [6, 6.07) is 12.8. The largest absolute Gasteiger partial charge is 0.345 e. The van der Waals surface area contributed by atoms with E-state index in [1.54, 1.807) is 0 Å². The van der Waals surface area contributed by atoms with Crippen molar-refractivity contribution in [3.05, 3.63) is 65.5 Å². The third kappa shape index (κ3) is 3.52. The van der Waals surface area contributed by atoms with E-state index in [1.807, 2.05) is 40.6 Å². The molecule has 1 saturated heterocycles. The molecule has 9 heteroatoms. The lowest BCUT2D eigenvalue weighted by molar-refractivity contribution is 0.378. The van der Waals surface area contributed by atoms with E-state index in [0.717, 1.165) is 38.9 Å². The fourth-order valence-corrected chi connectivity index (χ4v) is 5.55. The number of halogens is 2. The number of hydrogen-bond donors (Lipinski definition) is 0. The highest BCUT2D eigenvalue weighted by Crippen LogP contribution is 2.29. The molecule has 1 fully saturated rings. The van der Waals surface area contributed by atoms with E-state index in [0.29, 0.717) is 13.1 Å². The second-order valence-electron chi connectivity index (χ2n) is 6.32. The first-order valence-electron chi connectivity index (χ1n) is 8.67. The van der Waals surface area contributed by atoms with Crippen molar-refractivity contribution in [2.45, 2.75) is 4.90 Å². The summed E-state index contributed by atoms with van der Waals surface area (Å²) in [7, 11) is -4.23. The Morgan fingerprint density at radius 2 is 1.54 bits per heavy atom. The van der Waals surface area contributed by atoms with Gasteiger partial charge in [0, 0.05) is 37.1 Å². The minimum Gasteiger partial charge on any atom is -0.345 e. The zero-order valence-electron chi connectivity index (χ0n) is 14.8. The first-order chi connectivity index (χ1) is 13.5. The quantitative estimate of drug-likeness (QED) is 0.646. The molecule has 28 heavy (non-hydrogen) atoms. The zero-order chi connectivity index (χ0) is 19.7. The number of piperazine rings is 1. The third-order valence-electron chi connectivity index (χ3n) is 4.59. The van der Waals surface area contributed by atoms with Crippen LogP contribution in [0.4, 0.5) is 13.9 Å². The van der Waals surface area contributed by atoms with Crippen molar-refractivity contribution in [1.29, 1.82) is 0 Å². The topological polar surface area (TPSA) is 53.5 Å². The Kier molecular flexibility index (Phi) is 5.13. The van der Waals surface area contributed by atoms with Gasteiger partial charge in [0.1, 0.15) is 11.6 Å². The Hall–Kier alpha value is -2.36. The molecule has 0 unspecified atom stereocenters. The Morgan fingerprint density at radius 1 is 0.893 bits per heavy atom. The molecule has 0 N–H and O–H groups in total. The Morgan fingerprint density at radius 3 is 2.18 bits per heavy atom. The summed E-state index contributed by atoms with van der Waals surface area (Å²) in [6.07, 6.45) is 0. The normalized spacial score (nSPS) is 15.7. The van der Waals surface area contributed by atoms with Gasteiger partial charge in [-0.25, -0.2) is 22.2 Å². The minimum absolute atomic E-state index is 0.135. The molecule has 3 aromatic rings. The van der Waals surface area contributed by atoms with E-state index in [1.165, 1.54) is 11.3 Å². The monoisotopic (exact) mass is 421 g/mol. The van der Waals surface area contributed by atoms with Gasteiger partial charge < -0.3 is 4.90 Å². The second kappa shape index (κ2) is 7.57. The van der Waals surface area contributed by atoms with Gasteiger partial charge in [0.2, 0.25) is 10.0 Å². The smallest absolute Gasteiger partial charge is 0.249 e. The van der Waals surface area contributed by atoms with Crippen LogP contribution in [0.25, 0.3) is 11.3 Å². The molecule has 0 aliphatic carbocycles. The van der Waals surface area contributed by atoms with Crippen LogP contribution in [-0.2, 0) is 10.0 Å². The predicted octanol–water partition coefficient (Wildman–Crippen LogP) is 3.60. The van der Waals surface area contributed by atoms with Gasteiger partial charge in [-0.15, -0.1) is 11.3 Å². The number of nitrogens with zero attached hydrogens (tertiary/aromatic N) is 3. The molecule has 0 amide bonds. The molecule has 2 heterocycles. The Balaban J connectivity index is 1.49. The lowest BCUT2D eigenvalue weighted by atomic mass is 10.2. The number of anilines is 1. The summed E-state index contributed by atoms with van der Waals surface area (Å²) in [5, 5.41) is 2.76. The molecule has 1 aromatic heterocycles. The summed E-state index contributed by atoms with van der Waals surface area (Å²) in [6.45, 7) is 1.07. The first-order valence-corrected chi connectivity index (χ1v) is 11.0. The van der Waals surface area contributed by atoms with Gasteiger partial charge in [0.15, 0.2) is 10.0 Å². The zero-order valence-corrected chi connectivity index (χ0v) is 16.4. The van der Waals surface area contributed by atoms with Gasteiger partial charge in [0.25, 0.3) is 0 Å². The van der Waals surface area contributed by atoms with Crippen LogP contribution in [0.15, 0.2) is 58.8 Å². The van der Waals surface area contributed by atoms with E-state index in [2.05, 4.69) is 4.98 Å². The number of thiazole rings is 1.